The predicted octanol–water partition coefficient (Wildman–Crippen LogP) is 4.68. The number of amidine groups is 1. The van der Waals surface area contributed by atoms with Crippen LogP contribution in [0.25, 0.3) is 0 Å². The first-order valence-corrected chi connectivity index (χ1v) is 10.4. The van der Waals surface area contributed by atoms with Crippen molar-refractivity contribution in [3.05, 3.63) is 106 Å². The summed E-state index contributed by atoms with van der Waals surface area (Å²) in [6, 6.07) is 25.2. The van der Waals surface area contributed by atoms with Gasteiger partial charge in [-0.05, 0) is 29.7 Å². The molecule has 3 aromatic carbocycles. The van der Waals surface area contributed by atoms with Gasteiger partial charge in [-0.1, -0.05) is 72.4 Å². The van der Waals surface area contributed by atoms with Gasteiger partial charge in [-0.3, -0.25) is 19.8 Å². The first-order valence-electron chi connectivity index (χ1n) is 9.57. The normalized spacial score (nSPS) is 17.5. The van der Waals surface area contributed by atoms with Crippen LogP contribution in [0, 0.1) is 10.1 Å². The molecule has 1 heterocycles. The lowest BCUT2D eigenvalue weighted by molar-refractivity contribution is -0.384. The summed E-state index contributed by atoms with van der Waals surface area (Å²) < 4.78 is 0. The number of nitrogens with zero attached hydrogens (tertiary/aromatic N) is 4. The highest BCUT2D eigenvalue weighted by molar-refractivity contribution is 8.16. The van der Waals surface area contributed by atoms with E-state index in [0.29, 0.717) is 17.3 Å². The van der Waals surface area contributed by atoms with Crippen LogP contribution < -0.4 is 4.90 Å². The Morgan fingerprint density at radius 1 is 1.00 bits per heavy atom. The van der Waals surface area contributed by atoms with Crippen LogP contribution in [0.3, 0.4) is 0 Å². The molecule has 1 atom stereocenters. The molecule has 0 saturated carbocycles. The van der Waals surface area contributed by atoms with E-state index in [1.165, 1.54) is 23.9 Å². The largest absolute Gasteiger partial charge is 0.273 e. The molecule has 154 valence electrons. The highest BCUT2D eigenvalue weighted by atomic mass is 32.2. The van der Waals surface area contributed by atoms with E-state index in [-0.39, 0.29) is 11.6 Å². The van der Waals surface area contributed by atoms with Gasteiger partial charge in [0.25, 0.3) is 5.69 Å². The number of para-hydroxylation sites is 1. The number of carbonyl (C=O) groups is 1. The van der Waals surface area contributed by atoms with Crippen LogP contribution in [0.5, 0.6) is 0 Å². The molecule has 3 aromatic rings. The van der Waals surface area contributed by atoms with E-state index < -0.39 is 10.2 Å². The monoisotopic (exact) mass is 430 g/mol. The number of thioether (sulfide) groups is 1. The van der Waals surface area contributed by atoms with Crippen LogP contribution in [0.15, 0.2) is 95.1 Å². The van der Waals surface area contributed by atoms with Crippen LogP contribution >= 0.6 is 11.8 Å². The number of hydrogen-bond acceptors (Lipinski definition) is 6. The van der Waals surface area contributed by atoms with E-state index in [4.69, 9.17) is 0 Å². The highest BCUT2D eigenvalue weighted by Gasteiger charge is 2.39. The lowest BCUT2D eigenvalue weighted by atomic mass is 10.1. The summed E-state index contributed by atoms with van der Waals surface area (Å²) in [5.74, 6) is -0.128. The molecule has 0 aliphatic carbocycles. The van der Waals surface area contributed by atoms with Gasteiger partial charge in [-0.15, -0.1) is 5.10 Å². The standard InChI is InChI=1S/C23H18N4O3S/c28-22-21(15-18-10-7-13-20(14-18)27(29)30)31-23(26(22)19-11-5-2-6-12-19)25-24-16-17-8-3-1-4-9-17/h1-14,16,21H,15H2. The Balaban J connectivity index is 1.61. The van der Waals surface area contributed by atoms with Crippen molar-refractivity contribution in [2.45, 2.75) is 11.7 Å². The predicted molar refractivity (Wildman–Crippen MR) is 124 cm³/mol. The third-order valence-corrected chi connectivity index (χ3v) is 5.77. The van der Waals surface area contributed by atoms with Crippen molar-refractivity contribution in [2.75, 3.05) is 4.90 Å². The van der Waals surface area contributed by atoms with Crippen molar-refractivity contribution >= 4 is 40.4 Å². The summed E-state index contributed by atoms with van der Waals surface area (Å²) in [4.78, 5) is 25.4. The zero-order valence-corrected chi connectivity index (χ0v) is 17.2. The quantitative estimate of drug-likeness (QED) is 0.323. The molecule has 1 aliphatic rings. The number of benzene rings is 3. The Bertz CT molecular complexity index is 1150. The molecule has 0 spiro atoms. The number of nitro benzene ring substituents is 1. The van der Waals surface area contributed by atoms with Gasteiger partial charge < -0.3 is 0 Å². The third-order valence-electron chi connectivity index (χ3n) is 4.64. The van der Waals surface area contributed by atoms with Gasteiger partial charge in [-0.25, -0.2) is 0 Å². The van der Waals surface area contributed by atoms with Crippen LogP contribution in [0.1, 0.15) is 11.1 Å². The zero-order chi connectivity index (χ0) is 21.6. The van der Waals surface area contributed by atoms with Crippen molar-refractivity contribution in [3.8, 4) is 0 Å². The highest BCUT2D eigenvalue weighted by Crippen LogP contribution is 2.34. The van der Waals surface area contributed by atoms with Crippen LogP contribution in [-0.4, -0.2) is 27.5 Å². The topological polar surface area (TPSA) is 88.2 Å². The molecule has 1 aliphatic heterocycles. The molecule has 0 aromatic heterocycles. The fourth-order valence-electron chi connectivity index (χ4n) is 3.18. The molecule has 1 unspecified atom stereocenters. The lowest BCUT2D eigenvalue weighted by Gasteiger charge is -2.15. The Hall–Kier alpha value is -3.78. The number of anilines is 1. The minimum Gasteiger partial charge on any atom is -0.273 e. The molecule has 0 bridgehead atoms. The average Bonchev–Trinajstić information content (AvgIpc) is 3.10. The van der Waals surface area contributed by atoms with E-state index in [2.05, 4.69) is 10.2 Å². The van der Waals surface area contributed by atoms with Gasteiger partial charge in [0.2, 0.25) is 5.91 Å². The molecule has 1 saturated heterocycles. The van der Waals surface area contributed by atoms with Gasteiger partial charge in [-0.2, -0.15) is 5.10 Å². The Morgan fingerprint density at radius 3 is 2.42 bits per heavy atom. The van der Waals surface area contributed by atoms with E-state index in [1.54, 1.807) is 23.2 Å². The molecular weight excluding hydrogens is 412 g/mol. The van der Waals surface area contributed by atoms with E-state index in [0.717, 1.165) is 11.1 Å². The Morgan fingerprint density at radius 2 is 1.71 bits per heavy atom. The maximum Gasteiger partial charge on any atom is 0.269 e. The second-order valence-corrected chi connectivity index (χ2v) is 7.95. The molecule has 7 nitrogen and oxygen atoms in total. The minimum absolute atomic E-state index is 0.00853. The van der Waals surface area contributed by atoms with Crippen molar-refractivity contribution < 1.29 is 9.72 Å². The van der Waals surface area contributed by atoms with Crippen LogP contribution in [-0.2, 0) is 11.2 Å². The van der Waals surface area contributed by atoms with Crippen LogP contribution in [0.2, 0.25) is 0 Å². The van der Waals surface area contributed by atoms with Gasteiger partial charge in [0, 0.05) is 12.1 Å². The second-order valence-electron chi connectivity index (χ2n) is 6.78. The van der Waals surface area contributed by atoms with E-state index in [9.17, 15) is 14.9 Å². The molecule has 1 amide bonds. The summed E-state index contributed by atoms with van der Waals surface area (Å²) in [5, 5.41) is 19.6. The van der Waals surface area contributed by atoms with Crippen molar-refractivity contribution in [1.29, 1.82) is 0 Å². The Labute approximate surface area is 183 Å². The zero-order valence-electron chi connectivity index (χ0n) is 16.4. The van der Waals surface area contributed by atoms with Gasteiger partial charge in [0.15, 0.2) is 5.17 Å². The van der Waals surface area contributed by atoms with E-state index >= 15 is 0 Å². The maximum atomic E-state index is 13.2. The number of nitro groups is 1. The Kier molecular flexibility index (Phi) is 6.18. The molecule has 8 heteroatoms. The second kappa shape index (κ2) is 9.36. The first-order chi connectivity index (χ1) is 15.1. The summed E-state index contributed by atoms with van der Waals surface area (Å²) >= 11 is 1.31. The molecular formula is C23H18N4O3S. The maximum absolute atomic E-state index is 13.2. The van der Waals surface area contributed by atoms with Gasteiger partial charge in [0.1, 0.15) is 0 Å². The average molecular weight is 430 g/mol. The molecule has 4 rings (SSSR count). The molecule has 0 N–H and O–H groups in total. The summed E-state index contributed by atoms with van der Waals surface area (Å²) in [5.41, 5.74) is 2.34. The lowest BCUT2D eigenvalue weighted by Crippen LogP contribution is -2.32. The van der Waals surface area contributed by atoms with Gasteiger partial charge in [0.05, 0.1) is 22.1 Å². The number of hydrogen-bond donors (Lipinski definition) is 0. The van der Waals surface area contributed by atoms with Crippen molar-refractivity contribution in [2.24, 2.45) is 10.2 Å². The fourth-order valence-corrected chi connectivity index (χ4v) is 4.31. The first kappa shape index (κ1) is 20.5. The number of rotatable bonds is 6. The third kappa shape index (κ3) is 4.87. The number of non-ortho nitro benzene ring substituents is 1. The smallest absolute Gasteiger partial charge is 0.269 e. The van der Waals surface area contributed by atoms with Crippen LogP contribution in [0.4, 0.5) is 11.4 Å². The number of amides is 1. The molecule has 31 heavy (non-hydrogen) atoms. The number of carbonyl (C=O) groups excluding carboxylic acids is 1. The summed E-state index contributed by atoms with van der Waals surface area (Å²) in [6.07, 6.45) is 1.99. The van der Waals surface area contributed by atoms with Gasteiger partial charge >= 0.3 is 0 Å². The fraction of sp³-hybridized carbons (Fsp3) is 0.0870. The summed E-state index contributed by atoms with van der Waals surface area (Å²) in [7, 11) is 0. The summed E-state index contributed by atoms with van der Waals surface area (Å²) in [6.45, 7) is 0. The molecule has 1 fully saturated rings. The minimum atomic E-state index is -0.451. The van der Waals surface area contributed by atoms with Crippen molar-refractivity contribution in [1.82, 2.24) is 0 Å². The SMILES string of the molecule is O=C1C(Cc2cccc([N+](=O)[O-])c2)SC(=NN=Cc2ccccc2)N1c1ccccc1. The van der Waals surface area contributed by atoms with Crippen molar-refractivity contribution in [3.63, 3.8) is 0 Å². The van der Waals surface area contributed by atoms with E-state index in [1.807, 2.05) is 60.7 Å². The molecule has 0 radical (unpaired) electrons.